The van der Waals surface area contributed by atoms with Gasteiger partial charge in [-0.2, -0.15) is 0 Å². The Labute approximate surface area is 166 Å². The van der Waals surface area contributed by atoms with Crippen LogP contribution in [0, 0.1) is 13.8 Å². The maximum atomic E-state index is 12.4. The zero-order valence-electron chi connectivity index (χ0n) is 16.7. The van der Waals surface area contributed by atoms with E-state index in [0.717, 1.165) is 30.0 Å². The van der Waals surface area contributed by atoms with Crippen LogP contribution in [0.15, 0.2) is 42.5 Å². The zero-order valence-corrected chi connectivity index (χ0v) is 16.7. The van der Waals surface area contributed by atoms with Crippen molar-refractivity contribution in [1.29, 1.82) is 0 Å². The van der Waals surface area contributed by atoms with Crippen molar-refractivity contribution in [3.05, 3.63) is 59.2 Å². The van der Waals surface area contributed by atoms with Crippen LogP contribution in [0.1, 0.15) is 28.4 Å². The number of hydrogen-bond donors (Lipinski definition) is 1. The molecule has 0 bridgehead atoms. The molecule has 6 nitrogen and oxygen atoms in total. The normalized spacial score (nSPS) is 14.0. The Balaban J connectivity index is 1.57. The van der Waals surface area contributed by atoms with Gasteiger partial charge in [-0.1, -0.05) is 6.07 Å². The fourth-order valence-corrected chi connectivity index (χ4v) is 3.20. The van der Waals surface area contributed by atoms with Gasteiger partial charge in [0, 0.05) is 43.1 Å². The molecule has 6 heteroatoms. The Morgan fingerprint density at radius 3 is 2.25 bits per heavy atom. The zero-order chi connectivity index (χ0) is 20.1. The summed E-state index contributed by atoms with van der Waals surface area (Å²) in [4.78, 5) is 28.2. The van der Waals surface area contributed by atoms with Gasteiger partial charge in [0.2, 0.25) is 0 Å². The molecule has 1 fully saturated rings. The van der Waals surface area contributed by atoms with Crippen molar-refractivity contribution >= 4 is 23.4 Å². The highest BCUT2D eigenvalue weighted by Crippen LogP contribution is 2.20. The van der Waals surface area contributed by atoms with Crippen LogP contribution in [0.5, 0.6) is 0 Å². The number of hydrogen-bond acceptors (Lipinski definition) is 4. The highest BCUT2D eigenvalue weighted by Gasteiger charge is 2.22. The number of nitrogens with one attached hydrogen (secondary N) is 1. The van der Waals surface area contributed by atoms with Gasteiger partial charge >= 0.3 is 6.09 Å². The van der Waals surface area contributed by atoms with E-state index in [1.807, 2.05) is 63.2 Å². The first kappa shape index (κ1) is 19.7. The van der Waals surface area contributed by atoms with Crippen molar-refractivity contribution in [1.82, 2.24) is 4.90 Å². The summed E-state index contributed by atoms with van der Waals surface area (Å²) in [6, 6.07) is 13.5. The fraction of sp³-hybridized carbons (Fsp3) is 0.364. The number of carbonyl (C=O) groups excluding carboxylic acids is 2. The average Bonchev–Trinajstić information content (AvgIpc) is 2.71. The maximum Gasteiger partial charge on any atom is 0.409 e. The third-order valence-corrected chi connectivity index (χ3v) is 5.07. The van der Waals surface area contributed by atoms with E-state index in [-0.39, 0.29) is 12.0 Å². The smallest absolute Gasteiger partial charge is 0.409 e. The molecule has 28 heavy (non-hydrogen) atoms. The van der Waals surface area contributed by atoms with Crippen molar-refractivity contribution < 1.29 is 14.3 Å². The molecule has 0 unspecified atom stereocenters. The van der Waals surface area contributed by atoms with Gasteiger partial charge in [-0.15, -0.1) is 0 Å². The highest BCUT2D eigenvalue weighted by atomic mass is 16.6. The first-order valence-corrected chi connectivity index (χ1v) is 9.63. The Morgan fingerprint density at radius 2 is 1.64 bits per heavy atom. The second-order valence-corrected chi connectivity index (χ2v) is 6.97. The van der Waals surface area contributed by atoms with Gasteiger partial charge in [0.05, 0.1) is 6.61 Å². The molecule has 0 atom stereocenters. The summed E-state index contributed by atoms with van der Waals surface area (Å²) in [5, 5.41) is 2.94. The van der Waals surface area contributed by atoms with Crippen LogP contribution in [0.2, 0.25) is 0 Å². The molecule has 148 valence electrons. The van der Waals surface area contributed by atoms with Gasteiger partial charge in [-0.05, 0) is 68.3 Å². The number of nitrogens with zero attached hydrogens (tertiary/aromatic N) is 2. The van der Waals surface area contributed by atoms with E-state index in [1.54, 1.807) is 4.90 Å². The van der Waals surface area contributed by atoms with Crippen LogP contribution in [-0.2, 0) is 4.74 Å². The van der Waals surface area contributed by atoms with Crippen molar-refractivity contribution in [2.24, 2.45) is 0 Å². The number of ether oxygens (including phenoxy) is 1. The van der Waals surface area contributed by atoms with Gasteiger partial charge in [0.1, 0.15) is 0 Å². The summed E-state index contributed by atoms with van der Waals surface area (Å²) >= 11 is 0. The number of rotatable bonds is 4. The summed E-state index contributed by atoms with van der Waals surface area (Å²) in [7, 11) is 0. The molecule has 2 amide bonds. The second-order valence-electron chi connectivity index (χ2n) is 6.97. The molecule has 1 aliphatic heterocycles. The number of benzene rings is 2. The molecule has 1 saturated heterocycles. The van der Waals surface area contributed by atoms with Crippen LogP contribution >= 0.6 is 0 Å². The summed E-state index contributed by atoms with van der Waals surface area (Å²) in [6.07, 6.45) is -0.244. The predicted octanol–water partition coefficient (Wildman–Crippen LogP) is 3.83. The van der Waals surface area contributed by atoms with Gasteiger partial charge in [-0.25, -0.2) is 4.79 Å². The lowest BCUT2D eigenvalue weighted by atomic mass is 10.1. The minimum absolute atomic E-state index is 0.112. The Hall–Kier alpha value is -3.02. The molecule has 0 aliphatic carbocycles. The lowest BCUT2D eigenvalue weighted by Gasteiger charge is -2.35. The first-order valence-electron chi connectivity index (χ1n) is 9.63. The Kier molecular flexibility index (Phi) is 6.19. The van der Waals surface area contributed by atoms with Crippen LogP contribution in [0.3, 0.4) is 0 Å². The lowest BCUT2D eigenvalue weighted by molar-refractivity contribution is 0.102. The largest absolute Gasteiger partial charge is 0.450 e. The van der Waals surface area contributed by atoms with Gasteiger partial charge in [0.15, 0.2) is 0 Å². The van der Waals surface area contributed by atoms with Crippen molar-refractivity contribution in [3.8, 4) is 0 Å². The van der Waals surface area contributed by atoms with Crippen LogP contribution in [0.25, 0.3) is 0 Å². The molecule has 1 heterocycles. The van der Waals surface area contributed by atoms with E-state index in [0.29, 0.717) is 25.3 Å². The minimum Gasteiger partial charge on any atom is -0.450 e. The van der Waals surface area contributed by atoms with E-state index in [1.165, 1.54) is 5.56 Å². The van der Waals surface area contributed by atoms with E-state index >= 15 is 0 Å². The summed E-state index contributed by atoms with van der Waals surface area (Å²) in [5.74, 6) is -0.112. The van der Waals surface area contributed by atoms with Crippen LogP contribution in [0.4, 0.5) is 16.2 Å². The van der Waals surface area contributed by atoms with Crippen LogP contribution < -0.4 is 10.2 Å². The van der Waals surface area contributed by atoms with Crippen molar-refractivity contribution in [2.45, 2.75) is 20.8 Å². The number of aryl methyl sites for hydroxylation is 2. The first-order chi connectivity index (χ1) is 13.5. The monoisotopic (exact) mass is 381 g/mol. The van der Waals surface area contributed by atoms with Gasteiger partial charge in [0.25, 0.3) is 5.91 Å². The molecule has 2 aromatic carbocycles. The minimum atomic E-state index is -0.244. The molecule has 0 radical (unpaired) electrons. The van der Waals surface area contributed by atoms with E-state index < -0.39 is 0 Å². The molecule has 2 aromatic rings. The van der Waals surface area contributed by atoms with Crippen LogP contribution in [-0.4, -0.2) is 49.7 Å². The SMILES string of the molecule is CCOC(=O)N1CCN(c2ccc(NC(=O)c3ccc(C)c(C)c3)cc2)CC1. The van der Waals surface area contributed by atoms with Gasteiger partial charge < -0.3 is 19.9 Å². The lowest BCUT2D eigenvalue weighted by Crippen LogP contribution is -2.49. The molecular formula is C22H27N3O3. The Bertz CT molecular complexity index is 841. The Morgan fingerprint density at radius 1 is 0.964 bits per heavy atom. The summed E-state index contributed by atoms with van der Waals surface area (Å²) in [5.41, 5.74) is 4.76. The number of piperazine rings is 1. The molecule has 3 rings (SSSR count). The quantitative estimate of drug-likeness (QED) is 0.874. The average molecular weight is 381 g/mol. The topological polar surface area (TPSA) is 61.9 Å². The molecule has 1 N–H and O–H groups in total. The van der Waals surface area contributed by atoms with E-state index in [2.05, 4.69) is 10.2 Å². The molecular weight excluding hydrogens is 354 g/mol. The molecule has 0 spiro atoms. The molecule has 0 aromatic heterocycles. The van der Waals surface area contributed by atoms with Crippen molar-refractivity contribution in [2.75, 3.05) is 43.0 Å². The van der Waals surface area contributed by atoms with E-state index in [4.69, 9.17) is 4.74 Å². The standard InChI is InChI=1S/C22H27N3O3/c1-4-28-22(27)25-13-11-24(12-14-25)20-9-7-19(8-10-20)23-21(26)18-6-5-16(2)17(3)15-18/h5-10,15H,4,11-14H2,1-3H3,(H,23,26). The summed E-state index contributed by atoms with van der Waals surface area (Å²) < 4.78 is 5.05. The number of anilines is 2. The molecule has 1 aliphatic rings. The van der Waals surface area contributed by atoms with Gasteiger partial charge in [-0.3, -0.25) is 4.79 Å². The van der Waals surface area contributed by atoms with E-state index in [9.17, 15) is 9.59 Å². The fourth-order valence-electron chi connectivity index (χ4n) is 3.20. The van der Waals surface area contributed by atoms with Crippen molar-refractivity contribution in [3.63, 3.8) is 0 Å². The maximum absolute atomic E-state index is 12.4. The third kappa shape index (κ3) is 4.63. The third-order valence-electron chi connectivity index (χ3n) is 5.07. The molecule has 0 saturated carbocycles. The highest BCUT2D eigenvalue weighted by molar-refractivity contribution is 6.04. The predicted molar refractivity (Wildman–Crippen MR) is 111 cm³/mol. The number of amides is 2. The number of carbonyl (C=O) groups is 2. The summed E-state index contributed by atoms with van der Waals surface area (Å²) in [6.45, 7) is 9.04. The second kappa shape index (κ2) is 8.78.